The lowest BCUT2D eigenvalue weighted by Crippen LogP contribution is -2.46. The molecule has 0 aromatic carbocycles. The molecule has 0 rings (SSSR count). The first-order chi connectivity index (χ1) is 21.3. The molecule has 2 N–H and O–H groups in total. The molecule has 0 radical (unpaired) electrons. The summed E-state index contributed by atoms with van der Waals surface area (Å²) < 4.78 is 15.4. The highest BCUT2D eigenvalue weighted by atomic mass is 31.2. The van der Waals surface area contributed by atoms with Gasteiger partial charge in [-0.1, -0.05) is 180 Å². The summed E-state index contributed by atoms with van der Waals surface area (Å²) >= 11 is 0. The smallest absolute Gasteiger partial charge is 0.220 e. The van der Waals surface area contributed by atoms with Crippen molar-refractivity contribution in [3.8, 4) is 0 Å². The van der Waals surface area contributed by atoms with Gasteiger partial charge in [0.25, 0.3) is 0 Å². The number of amides is 1. The highest BCUT2D eigenvalue weighted by molar-refractivity contribution is 7.43. The number of carbonyl (C=O) groups excluding carboxylic acids is 1. The van der Waals surface area contributed by atoms with Crippen LogP contribution < -0.4 is 15.1 Å². The van der Waals surface area contributed by atoms with Gasteiger partial charge in [-0.05, 0) is 19.3 Å². The molecule has 0 saturated heterocycles. The van der Waals surface area contributed by atoms with Gasteiger partial charge in [0.15, 0.2) is 0 Å². The molecule has 0 heterocycles. The van der Waals surface area contributed by atoms with E-state index in [0.717, 1.165) is 38.5 Å². The minimum atomic E-state index is -5.20. The largest absolute Gasteiger partial charge is 0.790 e. The van der Waals surface area contributed by atoms with Crippen molar-refractivity contribution in [3.05, 3.63) is 12.2 Å². The first kappa shape index (κ1) is 43.3. The van der Waals surface area contributed by atoms with Gasteiger partial charge in [0.2, 0.25) is 5.91 Å². The molecule has 0 aliphatic heterocycles. The van der Waals surface area contributed by atoms with E-state index in [1.54, 1.807) is 6.08 Å². The summed E-state index contributed by atoms with van der Waals surface area (Å²) in [4.78, 5) is 34.5. The predicted molar refractivity (Wildman–Crippen MR) is 181 cm³/mol. The van der Waals surface area contributed by atoms with Crippen LogP contribution in [-0.2, 0) is 13.9 Å². The maximum Gasteiger partial charge on any atom is 0.220 e. The highest BCUT2D eigenvalue weighted by Gasteiger charge is 2.20. The Morgan fingerprint density at radius 1 is 0.659 bits per heavy atom. The van der Waals surface area contributed by atoms with E-state index in [9.17, 15) is 24.3 Å². The SMILES string of the molecule is CCCCCCCCCCCCC/C=C/[C@@H](O)[C@H](COP(=O)([O-])[O-])NC(=O)CCCCCCCCCCCCCCCCC. The van der Waals surface area contributed by atoms with E-state index in [-0.39, 0.29) is 5.91 Å². The average molecular weight is 644 g/mol. The lowest BCUT2D eigenvalue weighted by atomic mass is 10.0. The molecule has 0 spiro atoms. The van der Waals surface area contributed by atoms with Crippen LogP contribution in [0.25, 0.3) is 0 Å². The van der Waals surface area contributed by atoms with Crippen molar-refractivity contribution in [2.75, 3.05) is 6.61 Å². The van der Waals surface area contributed by atoms with Crippen molar-refractivity contribution in [2.24, 2.45) is 0 Å². The van der Waals surface area contributed by atoms with Crippen LogP contribution in [0.4, 0.5) is 0 Å². The van der Waals surface area contributed by atoms with E-state index in [1.807, 2.05) is 6.08 Å². The summed E-state index contributed by atoms with van der Waals surface area (Å²) in [5.41, 5.74) is 0. The van der Waals surface area contributed by atoms with Gasteiger partial charge < -0.3 is 29.3 Å². The van der Waals surface area contributed by atoms with E-state index < -0.39 is 26.6 Å². The van der Waals surface area contributed by atoms with Gasteiger partial charge in [-0.2, -0.15) is 0 Å². The zero-order valence-corrected chi connectivity index (χ0v) is 29.6. The first-order valence-electron chi connectivity index (χ1n) is 18.6. The molecule has 8 heteroatoms. The van der Waals surface area contributed by atoms with Crippen LogP contribution in [0, 0.1) is 0 Å². The summed E-state index contributed by atoms with van der Waals surface area (Å²) in [5, 5.41) is 13.2. The second kappa shape index (κ2) is 32.2. The Hall–Kier alpha value is -0.720. The van der Waals surface area contributed by atoms with Gasteiger partial charge >= 0.3 is 0 Å². The molecule has 0 aromatic rings. The number of carbonyl (C=O) groups is 1. The number of rotatable bonds is 34. The Kier molecular flexibility index (Phi) is 31.7. The van der Waals surface area contributed by atoms with Crippen LogP contribution in [0.5, 0.6) is 0 Å². The van der Waals surface area contributed by atoms with E-state index in [0.29, 0.717) is 6.42 Å². The van der Waals surface area contributed by atoms with Crippen LogP contribution in [0.2, 0.25) is 0 Å². The third-order valence-corrected chi connectivity index (χ3v) is 8.95. The third-order valence-electron chi connectivity index (χ3n) is 8.49. The summed E-state index contributed by atoms with van der Waals surface area (Å²) in [6.07, 6.45) is 36.1. The molecule has 0 aliphatic rings. The Balaban J connectivity index is 4.02. The van der Waals surface area contributed by atoms with Gasteiger partial charge in [0.05, 0.1) is 26.6 Å². The summed E-state index contributed by atoms with van der Waals surface area (Å²) in [6, 6.07) is -0.983. The number of nitrogens with one attached hydrogen (secondary N) is 1. The van der Waals surface area contributed by atoms with Gasteiger partial charge in [-0.3, -0.25) is 4.79 Å². The minimum absolute atomic E-state index is 0.266. The summed E-state index contributed by atoms with van der Waals surface area (Å²) in [6.45, 7) is 3.93. The molecule has 1 amide bonds. The van der Waals surface area contributed by atoms with Gasteiger partial charge in [0.1, 0.15) is 0 Å². The van der Waals surface area contributed by atoms with Gasteiger partial charge in [-0.15, -0.1) is 0 Å². The summed E-state index contributed by atoms with van der Waals surface area (Å²) in [7, 11) is -5.20. The standard InChI is InChI=1S/C36H72NO6P/c1-3-5-7-9-11-13-15-17-18-20-22-24-26-28-30-32-36(39)37-34(33-43-44(40,41)42)35(38)31-29-27-25-23-21-19-16-14-12-10-8-6-4-2/h29,31,34-35,38H,3-28,30,32-33H2,1-2H3,(H,37,39)(H2,40,41,42)/p-2/b31-29+/t34-,35+/m0/s1. The molecular weight excluding hydrogens is 573 g/mol. The topological polar surface area (TPSA) is 122 Å². The second-order valence-electron chi connectivity index (χ2n) is 12.9. The molecule has 2 atom stereocenters. The highest BCUT2D eigenvalue weighted by Crippen LogP contribution is 2.25. The number of aliphatic hydroxyl groups is 1. The van der Waals surface area contributed by atoms with Crippen molar-refractivity contribution >= 4 is 13.7 Å². The van der Waals surface area contributed by atoms with Crippen LogP contribution >= 0.6 is 7.82 Å². The predicted octanol–water partition coefficient (Wildman–Crippen LogP) is 9.20. The molecule has 0 aliphatic carbocycles. The Morgan fingerprint density at radius 3 is 1.41 bits per heavy atom. The number of phosphoric ester groups is 1. The molecule has 44 heavy (non-hydrogen) atoms. The van der Waals surface area contributed by atoms with Gasteiger partial charge in [-0.25, -0.2) is 0 Å². The molecule has 0 bridgehead atoms. The number of phosphoric acid groups is 1. The molecular formula is C36H70NO6P-2. The maximum absolute atomic E-state index is 12.5. The molecule has 0 fully saturated rings. The Morgan fingerprint density at radius 2 is 1.02 bits per heavy atom. The van der Waals surface area contributed by atoms with Crippen molar-refractivity contribution < 1.29 is 28.8 Å². The van der Waals surface area contributed by atoms with Crippen LogP contribution in [0.1, 0.15) is 194 Å². The second-order valence-corrected chi connectivity index (χ2v) is 14.0. The number of allylic oxidation sites excluding steroid dienone is 1. The number of unbranched alkanes of at least 4 members (excludes halogenated alkanes) is 25. The molecule has 0 unspecified atom stereocenters. The van der Waals surface area contributed by atoms with Crippen LogP contribution in [0.15, 0.2) is 12.2 Å². The molecule has 0 aromatic heterocycles. The third kappa shape index (κ3) is 32.7. The fourth-order valence-corrected chi connectivity index (χ4v) is 5.97. The molecule has 7 nitrogen and oxygen atoms in total. The molecule has 262 valence electrons. The van der Waals surface area contributed by atoms with Crippen molar-refractivity contribution in [1.82, 2.24) is 5.32 Å². The Bertz CT molecular complexity index is 698. The van der Waals surface area contributed by atoms with Crippen molar-refractivity contribution in [1.29, 1.82) is 0 Å². The summed E-state index contributed by atoms with van der Waals surface area (Å²) in [5.74, 6) is -0.266. The number of hydrogen-bond acceptors (Lipinski definition) is 6. The number of hydrogen-bond donors (Lipinski definition) is 2. The van der Waals surface area contributed by atoms with Crippen molar-refractivity contribution in [3.63, 3.8) is 0 Å². The normalized spacial score (nSPS) is 13.5. The zero-order valence-electron chi connectivity index (χ0n) is 28.8. The van der Waals surface area contributed by atoms with Crippen LogP contribution in [-0.4, -0.2) is 29.8 Å². The van der Waals surface area contributed by atoms with E-state index in [2.05, 4.69) is 23.7 Å². The lowest BCUT2D eigenvalue weighted by molar-refractivity contribution is -0.342. The quantitative estimate of drug-likeness (QED) is 0.0410. The Labute approximate surface area is 272 Å². The van der Waals surface area contributed by atoms with E-state index in [1.165, 1.54) is 135 Å². The minimum Gasteiger partial charge on any atom is -0.790 e. The lowest BCUT2D eigenvalue weighted by Gasteiger charge is -2.32. The average Bonchev–Trinajstić information content (AvgIpc) is 2.99. The van der Waals surface area contributed by atoms with Crippen LogP contribution in [0.3, 0.4) is 0 Å². The zero-order chi connectivity index (χ0) is 32.6. The number of aliphatic hydroxyl groups excluding tert-OH is 1. The van der Waals surface area contributed by atoms with E-state index >= 15 is 0 Å². The van der Waals surface area contributed by atoms with Gasteiger partial charge in [0, 0.05) is 6.42 Å². The van der Waals surface area contributed by atoms with Crippen molar-refractivity contribution in [2.45, 2.75) is 206 Å². The molecule has 0 saturated carbocycles. The monoisotopic (exact) mass is 643 g/mol. The van der Waals surface area contributed by atoms with E-state index in [4.69, 9.17) is 0 Å². The maximum atomic E-state index is 12.5. The fourth-order valence-electron chi connectivity index (χ4n) is 5.63. The fraction of sp³-hybridized carbons (Fsp3) is 0.917. The first-order valence-corrected chi connectivity index (χ1v) is 20.1.